The van der Waals surface area contributed by atoms with Gasteiger partial charge in [-0.15, -0.1) is 0 Å². The molecule has 0 saturated heterocycles. The Hall–Kier alpha value is -2.05. The smallest absolute Gasteiger partial charge is 0.142 e. The Kier molecular flexibility index (Phi) is 4.03. The summed E-state index contributed by atoms with van der Waals surface area (Å²) in [5.74, 6) is 6.37. The van der Waals surface area contributed by atoms with Gasteiger partial charge in [0.05, 0.1) is 24.5 Å². The number of aryl methyl sites for hydroxylation is 2. The first kappa shape index (κ1) is 13.4. The summed E-state index contributed by atoms with van der Waals surface area (Å²) in [4.78, 5) is 4.35. The molecule has 0 fully saturated rings. The number of hydrogen-bond acceptors (Lipinski definition) is 6. The molecule has 2 rings (SSSR count). The molecule has 19 heavy (non-hydrogen) atoms. The highest BCUT2D eigenvalue weighted by Crippen LogP contribution is 2.28. The summed E-state index contributed by atoms with van der Waals surface area (Å²) in [5.41, 5.74) is 6.07. The van der Waals surface area contributed by atoms with Crippen LogP contribution >= 0.6 is 0 Å². The Morgan fingerprint density at radius 1 is 1.32 bits per heavy atom. The van der Waals surface area contributed by atoms with Crippen LogP contribution < -0.4 is 16.0 Å². The van der Waals surface area contributed by atoms with Crippen molar-refractivity contribution in [1.29, 1.82) is 0 Å². The molecule has 0 spiro atoms. The van der Waals surface area contributed by atoms with Crippen LogP contribution in [-0.2, 0) is 0 Å². The van der Waals surface area contributed by atoms with E-state index in [0.717, 1.165) is 22.6 Å². The summed E-state index contributed by atoms with van der Waals surface area (Å²) in [6, 6.07) is 5.33. The molecular weight excluding hydrogens is 242 g/mol. The lowest BCUT2D eigenvalue weighted by Gasteiger charge is -2.19. The molecule has 2 aromatic heterocycles. The molecule has 0 bridgehead atoms. The molecule has 0 aliphatic heterocycles. The first-order valence-corrected chi connectivity index (χ1v) is 5.93. The van der Waals surface area contributed by atoms with E-state index in [9.17, 15) is 0 Å². The highest BCUT2D eigenvalue weighted by molar-refractivity contribution is 5.38. The summed E-state index contributed by atoms with van der Waals surface area (Å²) in [7, 11) is 1.61. The minimum absolute atomic E-state index is 0.287. The van der Waals surface area contributed by atoms with Crippen molar-refractivity contribution in [1.82, 2.24) is 20.6 Å². The fourth-order valence-corrected chi connectivity index (χ4v) is 1.97. The van der Waals surface area contributed by atoms with Crippen LogP contribution in [0, 0.1) is 13.8 Å². The molecule has 0 aliphatic carbocycles. The van der Waals surface area contributed by atoms with Crippen LogP contribution in [0.15, 0.2) is 24.4 Å². The maximum atomic E-state index is 5.69. The van der Waals surface area contributed by atoms with Gasteiger partial charge >= 0.3 is 0 Å². The molecule has 6 heteroatoms. The summed E-state index contributed by atoms with van der Waals surface area (Å²) in [6.45, 7) is 3.78. The van der Waals surface area contributed by atoms with Crippen LogP contribution in [0.4, 0.5) is 0 Å². The Labute approximate surface area is 112 Å². The molecule has 0 amide bonds. The fraction of sp³-hybridized carbons (Fsp3) is 0.308. The maximum absolute atomic E-state index is 5.69. The molecule has 100 valence electrons. The monoisotopic (exact) mass is 259 g/mol. The van der Waals surface area contributed by atoms with E-state index in [-0.39, 0.29) is 6.04 Å². The second-order valence-electron chi connectivity index (χ2n) is 4.22. The third kappa shape index (κ3) is 2.69. The van der Waals surface area contributed by atoms with Crippen molar-refractivity contribution in [3.8, 4) is 5.75 Å². The topological polar surface area (TPSA) is 86.0 Å². The number of nitrogens with zero attached hydrogens (tertiary/aromatic N) is 3. The Bertz CT molecular complexity index is 573. The largest absolute Gasteiger partial charge is 0.495 e. The number of rotatable bonds is 4. The number of nitrogens with two attached hydrogens (primary N) is 1. The minimum atomic E-state index is -0.287. The first-order chi connectivity index (χ1) is 9.17. The van der Waals surface area contributed by atoms with Gasteiger partial charge in [0.15, 0.2) is 0 Å². The molecular formula is C13H17N5O. The number of nitrogens with one attached hydrogen (secondary N) is 1. The predicted molar refractivity (Wildman–Crippen MR) is 71.5 cm³/mol. The summed E-state index contributed by atoms with van der Waals surface area (Å²) in [6.07, 6.45) is 1.71. The van der Waals surface area contributed by atoms with Gasteiger partial charge in [-0.2, -0.15) is 10.2 Å². The fourth-order valence-electron chi connectivity index (χ4n) is 1.97. The number of pyridine rings is 1. The Balaban J connectivity index is 2.53. The molecule has 0 radical (unpaired) electrons. The van der Waals surface area contributed by atoms with Crippen molar-refractivity contribution in [2.24, 2.45) is 5.84 Å². The van der Waals surface area contributed by atoms with Gasteiger partial charge in [0, 0.05) is 11.8 Å². The van der Waals surface area contributed by atoms with Crippen molar-refractivity contribution in [2.75, 3.05) is 7.11 Å². The lowest BCUT2D eigenvalue weighted by molar-refractivity contribution is 0.400. The van der Waals surface area contributed by atoms with E-state index >= 15 is 0 Å². The van der Waals surface area contributed by atoms with Crippen LogP contribution in [-0.4, -0.2) is 22.3 Å². The van der Waals surface area contributed by atoms with Crippen molar-refractivity contribution in [3.63, 3.8) is 0 Å². The number of ether oxygens (including phenoxy) is 1. The zero-order valence-electron chi connectivity index (χ0n) is 11.2. The maximum Gasteiger partial charge on any atom is 0.142 e. The number of aromatic nitrogens is 3. The quantitative estimate of drug-likeness (QED) is 0.630. The van der Waals surface area contributed by atoms with Gasteiger partial charge in [0.1, 0.15) is 11.4 Å². The van der Waals surface area contributed by atoms with Gasteiger partial charge in [0.2, 0.25) is 0 Å². The van der Waals surface area contributed by atoms with E-state index < -0.39 is 0 Å². The van der Waals surface area contributed by atoms with Gasteiger partial charge in [-0.1, -0.05) is 0 Å². The Morgan fingerprint density at radius 2 is 2.11 bits per heavy atom. The molecule has 6 nitrogen and oxygen atoms in total. The van der Waals surface area contributed by atoms with Crippen molar-refractivity contribution in [2.45, 2.75) is 19.9 Å². The van der Waals surface area contributed by atoms with Crippen LogP contribution in [0.2, 0.25) is 0 Å². The van der Waals surface area contributed by atoms with Crippen LogP contribution in [0.25, 0.3) is 0 Å². The highest BCUT2D eigenvalue weighted by atomic mass is 16.5. The van der Waals surface area contributed by atoms with Crippen LogP contribution in [0.5, 0.6) is 5.75 Å². The minimum Gasteiger partial charge on any atom is -0.495 e. The lowest BCUT2D eigenvalue weighted by Crippen LogP contribution is -2.30. The zero-order valence-corrected chi connectivity index (χ0v) is 11.2. The van der Waals surface area contributed by atoms with Gasteiger partial charge in [0.25, 0.3) is 0 Å². The van der Waals surface area contributed by atoms with E-state index in [0.29, 0.717) is 5.75 Å². The molecule has 3 N–H and O–H groups in total. The van der Waals surface area contributed by atoms with E-state index in [2.05, 4.69) is 20.6 Å². The van der Waals surface area contributed by atoms with Crippen molar-refractivity contribution >= 4 is 0 Å². The molecule has 1 unspecified atom stereocenters. The van der Waals surface area contributed by atoms with Gasteiger partial charge in [-0.3, -0.25) is 10.8 Å². The normalized spacial score (nSPS) is 12.2. The molecule has 0 aliphatic rings. The van der Waals surface area contributed by atoms with Gasteiger partial charge in [-0.25, -0.2) is 5.43 Å². The SMILES string of the molecule is COc1cccnc1C(NN)c1cc(C)nnc1C. The second-order valence-corrected chi connectivity index (χ2v) is 4.22. The third-order valence-corrected chi connectivity index (χ3v) is 2.91. The van der Waals surface area contributed by atoms with Crippen molar-refractivity contribution < 1.29 is 4.74 Å². The average molecular weight is 259 g/mol. The molecule has 0 aromatic carbocycles. The van der Waals surface area contributed by atoms with Crippen LogP contribution in [0.1, 0.15) is 28.7 Å². The van der Waals surface area contributed by atoms with E-state index in [1.54, 1.807) is 13.3 Å². The van der Waals surface area contributed by atoms with E-state index in [1.807, 2.05) is 32.0 Å². The number of hydrogen-bond donors (Lipinski definition) is 2. The van der Waals surface area contributed by atoms with Gasteiger partial charge in [-0.05, 0) is 32.0 Å². The van der Waals surface area contributed by atoms with E-state index in [4.69, 9.17) is 10.6 Å². The molecule has 2 heterocycles. The standard InChI is InChI=1S/C13H17N5O/c1-8-7-10(9(2)18-17-8)12(16-14)13-11(19-3)5-4-6-15-13/h4-7,12,16H,14H2,1-3H3. The second kappa shape index (κ2) is 5.73. The Morgan fingerprint density at radius 3 is 2.79 bits per heavy atom. The zero-order chi connectivity index (χ0) is 13.8. The first-order valence-electron chi connectivity index (χ1n) is 5.93. The summed E-state index contributed by atoms with van der Waals surface area (Å²) in [5, 5.41) is 8.14. The predicted octanol–water partition coefficient (Wildman–Crippen LogP) is 1.05. The third-order valence-electron chi connectivity index (χ3n) is 2.91. The molecule has 1 atom stereocenters. The summed E-state index contributed by atoms with van der Waals surface area (Å²) >= 11 is 0. The molecule has 0 saturated carbocycles. The molecule has 2 aromatic rings. The van der Waals surface area contributed by atoms with Crippen molar-refractivity contribution in [3.05, 3.63) is 47.0 Å². The average Bonchev–Trinajstić information content (AvgIpc) is 2.44. The van der Waals surface area contributed by atoms with E-state index in [1.165, 1.54) is 0 Å². The van der Waals surface area contributed by atoms with Gasteiger partial charge < -0.3 is 4.74 Å². The lowest BCUT2D eigenvalue weighted by atomic mass is 10.0. The van der Waals surface area contributed by atoms with Crippen LogP contribution in [0.3, 0.4) is 0 Å². The highest BCUT2D eigenvalue weighted by Gasteiger charge is 2.21. The number of hydrazine groups is 1. The number of methoxy groups -OCH3 is 1. The summed E-state index contributed by atoms with van der Waals surface area (Å²) < 4.78 is 5.33.